The minimum atomic E-state index is -6.23. The van der Waals surface area contributed by atoms with E-state index in [2.05, 4.69) is 0 Å². The van der Waals surface area contributed by atoms with Crippen LogP contribution in [0.25, 0.3) is 0 Å². The zero-order valence-corrected chi connectivity index (χ0v) is 9.87. The summed E-state index contributed by atoms with van der Waals surface area (Å²) < 4.78 is 62.5. The number of rotatable bonds is 1. The fourth-order valence-corrected chi connectivity index (χ4v) is 1.76. The van der Waals surface area contributed by atoms with E-state index in [0.29, 0.717) is 0 Å². The normalized spacial score (nSPS) is 15.4. The first kappa shape index (κ1) is 14.9. The minimum absolute atomic E-state index is 0.309. The Morgan fingerprint density at radius 1 is 1.05 bits per heavy atom. The van der Waals surface area contributed by atoms with Gasteiger partial charge in [-0.15, -0.1) is 0 Å². The lowest BCUT2D eigenvalue weighted by molar-refractivity contribution is -0.272. The van der Waals surface area contributed by atoms with Crippen LogP contribution in [0.3, 0.4) is 0 Å². The van der Waals surface area contributed by atoms with Crippen molar-refractivity contribution in [3.8, 4) is 0 Å². The maximum Gasteiger partial charge on any atom is 0.463 e. The molecule has 1 aliphatic rings. The van der Waals surface area contributed by atoms with E-state index in [1.807, 2.05) is 0 Å². The molecule has 21 heavy (non-hydrogen) atoms. The van der Waals surface area contributed by atoms with Crippen LogP contribution in [-0.2, 0) is 4.79 Å². The Kier molecular flexibility index (Phi) is 3.00. The molecule has 0 saturated carbocycles. The van der Waals surface area contributed by atoms with Crippen LogP contribution in [0.5, 0.6) is 0 Å². The van der Waals surface area contributed by atoms with Crippen molar-refractivity contribution in [2.24, 2.45) is 0 Å². The number of nitrogens with zero attached hydrogens (tertiary/aromatic N) is 1. The highest BCUT2D eigenvalue weighted by atomic mass is 19.4. The second kappa shape index (κ2) is 4.24. The molecule has 0 fully saturated rings. The highest BCUT2D eigenvalue weighted by molar-refractivity contribution is 6.31. The number of carbonyl (C=O) groups excluding carboxylic acids is 3. The van der Waals surface area contributed by atoms with Crippen molar-refractivity contribution in [1.29, 1.82) is 0 Å². The number of hydrogen-bond donors (Lipinski definition) is 1. The van der Waals surface area contributed by atoms with Crippen LogP contribution in [0.4, 0.5) is 27.6 Å². The van der Waals surface area contributed by atoms with Gasteiger partial charge in [0, 0.05) is 5.69 Å². The molecule has 1 aromatic rings. The molecule has 2 N–H and O–H groups in total. The lowest BCUT2D eigenvalue weighted by Crippen LogP contribution is -2.53. The van der Waals surface area contributed by atoms with E-state index in [0.717, 1.165) is 12.1 Å². The molecule has 0 aromatic heterocycles. The van der Waals surface area contributed by atoms with E-state index in [9.17, 15) is 36.3 Å². The molecule has 0 saturated heterocycles. The van der Waals surface area contributed by atoms with Gasteiger partial charge in [0.15, 0.2) is 0 Å². The van der Waals surface area contributed by atoms with Gasteiger partial charge in [-0.25, -0.2) is 4.90 Å². The Morgan fingerprint density at radius 2 is 1.62 bits per heavy atom. The Balaban J connectivity index is 2.50. The predicted octanol–water partition coefficient (Wildman–Crippen LogP) is 1.59. The van der Waals surface area contributed by atoms with Crippen LogP contribution in [0, 0.1) is 0 Å². The zero-order valence-electron chi connectivity index (χ0n) is 9.87. The van der Waals surface area contributed by atoms with E-state index in [4.69, 9.17) is 5.73 Å². The minimum Gasteiger partial charge on any atom is -0.398 e. The lowest BCUT2D eigenvalue weighted by atomic mass is 10.1. The third-order valence-corrected chi connectivity index (χ3v) is 2.77. The molecule has 1 heterocycles. The van der Waals surface area contributed by atoms with Gasteiger partial charge in [-0.3, -0.25) is 14.4 Å². The molecule has 2 rings (SSSR count). The van der Waals surface area contributed by atoms with E-state index in [1.54, 1.807) is 0 Å². The first-order valence-corrected chi connectivity index (χ1v) is 5.26. The molecule has 112 valence electrons. The summed E-state index contributed by atoms with van der Waals surface area (Å²) in [5.41, 5.74) is 3.97. The Bertz CT molecular complexity index is 668. The van der Waals surface area contributed by atoms with Crippen molar-refractivity contribution >= 4 is 23.4 Å². The van der Waals surface area contributed by atoms with Gasteiger partial charge in [0.2, 0.25) is 0 Å². The number of amides is 3. The van der Waals surface area contributed by atoms with E-state index in [-0.39, 0.29) is 5.69 Å². The molecular weight excluding hydrogens is 303 g/mol. The number of imide groups is 3. The van der Waals surface area contributed by atoms with Gasteiger partial charge in [0.05, 0.1) is 11.1 Å². The number of fused-ring (bicyclic) bond motifs is 1. The summed E-state index contributed by atoms with van der Waals surface area (Å²) in [5.74, 6) is -12.0. The average molecular weight is 308 g/mol. The van der Waals surface area contributed by atoms with E-state index in [1.165, 1.54) is 6.07 Å². The summed E-state index contributed by atoms with van der Waals surface area (Å²) in [7, 11) is 0. The highest BCUT2D eigenvalue weighted by Crippen LogP contribution is 2.39. The summed E-state index contributed by atoms with van der Waals surface area (Å²) in [6.07, 6.45) is -6.23. The van der Waals surface area contributed by atoms with Crippen LogP contribution in [0.2, 0.25) is 0 Å². The van der Waals surface area contributed by atoms with Crippen LogP contribution in [0.1, 0.15) is 20.7 Å². The molecule has 5 nitrogen and oxygen atoms in total. The van der Waals surface area contributed by atoms with Gasteiger partial charge in [0.25, 0.3) is 11.8 Å². The van der Waals surface area contributed by atoms with Gasteiger partial charge in [0.1, 0.15) is 0 Å². The SMILES string of the molecule is Nc1cccc2c1C(=O)N(C(=O)C(F)(F)C(F)(F)F)C2=O. The van der Waals surface area contributed by atoms with E-state index < -0.39 is 45.8 Å². The summed E-state index contributed by atoms with van der Waals surface area (Å²) in [6, 6.07) is 3.32. The second-order valence-corrected chi connectivity index (χ2v) is 4.09. The standard InChI is InChI=1S/C11H5F5N2O3/c12-10(13,11(14,15)16)9(21)18-7(19)4-2-1-3-5(17)6(4)8(18)20/h1-3H,17H2. The molecule has 0 bridgehead atoms. The van der Waals surface area contributed by atoms with Crippen molar-refractivity contribution in [3.63, 3.8) is 0 Å². The highest BCUT2D eigenvalue weighted by Gasteiger charge is 2.67. The van der Waals surface area contributed by atoms with Crippen molar-refractivity contribution < 1.29 is 36.3 Å². The number of nitrogen functional groups attached to an aromatic ring is 1. The summed E-state index contributed by atoms with van der Waals surface area (Å²) in [6.45, 7) is 0. The molecule has 1 aliphatic heterocycles. The topological polar surface area (TPSA) is 80.5 Å². The average Bonchev–Trinajstić information content (AvgIpc) is 2.61. The van der Waals surface area contributed by atoms with Gasteiger partial charge in [-0.05, 0) is 12.1 Å². The Morgan fingerprint density at radius 3 is 2.10 bits per heavy atom. The molecule has 3 amide bonds. The smallest absolute Gasteiger partial charge is 0.398 e. The fourth-order valence-electron chi connectivity index (χ4n) is 1.76. The number of benzene rings is 1. The molecule has 0 radical (unpaired) electrons. The second-order valence-electron chi connectivity index (χ2n) is 4.09. The monoisotopic (exact) mass is 308 g/mol. The van der Waals surface area contributed by atoms with Crippen LogP contribution >= 0.6 is 0 Å². The molecule has 0 atom stereocenters. The molecule has 0 spiro atoms. The quantitative estimate of drug-likeness (QED) is 0.485. The van der Waals surface area contributed by atoms with Gasteiger partial charge < -0.3 is 5.73 Å². The molecule has 0 aliphatic carbocycles. The predicted molar refractivity (Wildman–Crippen MR) is 57.4 cm³/mol. The first-order chi connectivity index (χ1) is 9.50. The molecule has 10 heteroatoms. The number of nitrogens with two attached hydrogens (primary N) is 1. The van der Waals surface area contributed by atoms with Gasteiger partial charge >= 0.3 is 18.0 Å². The van der Waals surface area contributed by atoms with Gasteiger partial charge in [-0.2, -0.15) is 22.0 Å². The summed E-state index contributed by atoms with van der Waals surface area (Å²) in [4.78, 5) is 34.0. The third kappa shape index (κ3) is 1.94. The number of alkyl halides is 5. The number of hydrogen-bond acceptors (Lipinski definition) is 4. The fraction of sp³-hybridized carbons (Fsp3) is 0.182. The van der Waals surface area contributed by atoms with Gasteiger partial charge in [-0.1, -0.05) is 6.07 Å². The third-order valence-electron chi connectivity index (χ3n) is 2.77. The molecule has 1 aromatic carbocycles. The van der Waals surface area contributed by atoms with E-state index >= 15 is 0 Å². The maximum absolute atomic E-state index is 13.0. The van der Waals surface area contributed by atoms with Crippen molar-refractivity contribution in [1.82, 2.24) is 4.90 Å². The molecule has 0 unspecified atom stereocenters. The van der Waals surface area contributed by atoms with Crippen molar-refractivity contribution in [2.75, 3.05) is 5.73 Å². The lowest BCUT2D eigenvalue weighted by Gasteiger charge is -2.21. The Labute approximate surface area is 113 Å². The van der Waals surface area contributed by atoms with Crippen molar-refractivity contribution in [2.45, 2.75) is 12.1 Å². The zero-order chi connectivity index (χ0) is 16.2. The largest absolute Gasteiger partial charge is 0.463 e. The summed E-state index contributed by atoms with van der Waals surface area (Å²) in [5, 5.41) is 0. The maximum atomic E-state index is 13.0. The summed E-state index contributed by atoms with van der Waals surface area (Å²) >= 11 is 0. The van der Waals surface area contributed by atoms with Crippen molar-refractivity contribution in [3.05, 3.63) is 29.3 Å². The number of carbonyl (C=O) groups is 3. The Hall–Kier alpha value is -2.52. The van der Waals surface area contributed by atoms with Crippen LogP contribution in [-0.4, -0.2) is 34.7 Å². The first-order valence-electron chi connectivity index (χ1n) is 5.26. The number of anilines is 1. The number of halogens is 5. The van der Waals surface area contributed by atoms with Crippen LogP contribution in [0.15, 0.2) is 18.2 Å². The van der Waals surface area contributed by atoms with Crippen LogP contribution < -0.4 is 5.73 Å². The molecular formula is C11H5F5N2O3.